The molecular formula is C46H31N. The minimum absolute atomic E-state index is 1.11. The van der Waals surface area contributed by atoms with Crippen molar-refractivity contribution in [1.29, 1.82) is 0 Å². The smallest absolute Gasteiger partial charge is 0.0540 e. The fraction of sp³-hybridized carbons (Fsp3) is 0. The van der Waals surface area contributed by atoms with E-state index >= 15 is 0 Å². The van der Waals surface area contributed by atoms with Crippen LogP contribution in [-0.4, -0.2) is 0 Å². The number of nitrogens with zero attached hydrogens (tertiary/aromatic N) is 1. The normalized spacial score (nSPS) is 11.4. The molecule has 0 aliphatic heterocycles. The topological polar surface area (TPSA) is 3.24 Å². The summed E-state index contributed by atoms with van der Waals surface area (Å²) in [5.74, 6) is 0. The van der Waals surface area contributed by atoms with Crippen molar-refractivity contribution in [2.75, 3.05) is 4.90 Å². The third kappa shape index (κ3) is 4.72. The summed E-state index contributed by atoms with van der Waals surface area (Å²) >= 11 is 0. The summed E-state index contributed by atoms with van der Waals surface area (Å²) in [6.07, 6.45) is 0. The first-order chi connectivity index (χ1) is 23.3. The predicted octanol–water partition coefficient (Wildman–Crippen LogP) is 13.1. The number of anilines is 3. The fourth-order valence-corrected chi connectivity index (χ4v) is 7.17. The van der Waals surface area contributed by atoms with Crippen LogP contribution in [0.5, 0.6) is 0 Å². The molecule has 0 atom stereocenters. The number of hydrogen-bond donors (Lipinski definition) is 0. The lowest BCUT2D eigenvalue weighted by Gasteiger charge is -2.28. The third-order valence-electron chi connectivity index (χ3n) is 9.41. The lowest BCUT2D eigenvalue weighted by Crippen LogP contribution is -2.11. The Hall–Kier alpha value is -6.18. The van der Waals surface area contributed by atoms with Gasteiger partial charge in [0, 0.05) is 16.9 Å². The fourth-order valence-electron chi connectivity index (χ4n) is 7.17. The highest BCUT2D eigenvalue weighted by molar-refractivity contribution is 6.23. The van der Waals surface area contributed by atoms with Gasteiger partial charge in [0.25, 0.3) is 0 Å². The van der Waals surface area contributed by atoms with Gasteiger partial charge in [-0.25, -0.2) is 0 Å². The standard InChI is InChI=1S/C46H31N/c1-2-13-33(14-3-1)41-19-10-11-21-45(41)47(39-28-22-32-12-4-5-16-36(32)30-39)38-26-23-35(24-27-38)44-31-37-17-7-8-18-40(37)43-29-25-34-15-6-9-20-42(34)46(43)44/h1-31H. The zero-order valence-corrected chi connectivity index (χ0v) is 25.8. The summed E-state index contributed by atoms with van der Waals surface area (Å²) in [5, 5.41) is 10.1. The number of rotatable bonds is 5. The van der Waals surface area contributed by atoms with Crippen LogP contribution in [0.15, 0.2) is 188 Å². The SMILES string of the molecule is c1ccc(-c2ccccc2N(c2ccc(-c3cc4ccccc4c4ccc5ccccc5c34)cc2)c2ccc3ccccc3c2)cc1. The van der Waals surface area contributed by atoms with E-state index in [0.29, 0.717) is 0 Å². The molecule has 0 unspecified atom stereocenters. The second-order valence-corrected chi connectivity index (χ2v) is 12.2. The molecule has 47 heavy (non-hydrogen) atoms. The van der Waals surface area contributed by atoms with Crippen LogP contribution in [0.25, 0.3) is 65.3 Å². The van der Waals surface area contributed by atoms with Crippen LogP contribution >= 0.6 is 0 Å². The van der Waals surface area contributed by atoms with E-state index in [2.05, 4.69) is 193 Å². The Morgan fingerprint density at radius 2 is 0.894 bits per heavy atom. The highest BCUT2D eigenvalue weighted by Gasteiger charge is 2.18. The van der Waals surface area contributed by atoms with Gasteiger partial charge in [-0.15, -0.1) is 0 Å². The molecule has 0 aromatic heterocycles. The molecule has 9 rings (SSSR count). The van der Waals surface area contributed by atoms with Crippen molar-refractivity contribution < 1.29 is 0 Å². The quantitative estimate of drug-likeness (QED) is 0.178. The molecule has 0 spiro atoms. The maximum absolute atomic E-state index is 2.40. The molecule has 0 amide bonds. The first-order valence-corrected chi connectivity index (χ1v) is 16.2. The summed E-state index contributed by atoms with van der Waals surface area (Å²) in [6, 6.07) is 68.3. The van der Waals surface area contributed by atoms with Crippen molar-refractivity contribution in [2.24, 2.45) is 0 Å². The van der Waals surface area contributed by atoms with E-state index in [1.54, 1.807) is 0 Å². The molecule has 0 bridgehead atoms. The number of fused-ring (bicyclic) bond motifs is 6. The van der Waals surface area contributed by atoms with E-state index in [-0.39, 0.29) is 0 Å². The Morgan fingerprint density at radius 3 is 1.72 bits per heavy atom. The molecule has 1 nitrogen and oxygen atoms in total. The van der Waals surface area contributed by atoms with Crippen LogP contribution < -0.4 is 4.90 Å². The Bertz CT molecular complexity index is 2560. The monoisotopic (exact) mass is 597 g/mol. The van der Waals surface area contributed by atoms with Gasteiger partial charge in [-0.1, -0.05) is 152 Å². The second kappa shape index (κ2) is 11.3. The average molecular weight is 598 g/mol. The van der Waals surface area contributed by atoms with Gasteiger partial charge in [0.1, 0.15) is 0 Å². The van der Waals surface area contributed by atoms with E-state index in [4.69, 9.17) is 0 Å². The van der Waals surface area contributed by atoms with E-state index in [1.807, 2.05) is 0 Å². The van der Waals surface area contributed by atoms with Crippen molar-refractivity contribution in [1.82, 2.24) is 0 Å². The molecule has 9 aromatic rings. The zero-order valence-electron chi connectivity index (χ0n) is 25.8. The molecule has 0 radical (unpaired) electrons. The van der Waals surface area contributed by atoms with E-state index in [1.165, 1.54) is 65.3 Å². The number of hydrogen-bond acceptors (Lipinski definition) is 1. The van der Waals surface area contributed by atoms with Crippen LogP contribution in [0.4, 0.5) is 17.1 Å². The summed E-state index contributed by atoms with van der Waals surface area (Å²) in [6.45, 7) is 0. The molecule has 220 valence electrons. The van der Waals surface area contributed by atoms with Crippen molar-refractivity contribution in [3.63, 3.8) is 0 Å². The Kier molecular flexibility index (Phi) is 6.54. The summed E-state index contributed by atoms with van der Waals surface area (Å²) in [4.78, 5) is 2.40. The van der Waals surface area contributed by atoms with Crippen molar-refractivity contribution >= 4 is 60.2 Å². The highest BCUT2D eigenvalue weighted by Crippen LogP contribution is 2.43. The summed E-state index contributed by atoms with van der Waals surface area (Å²) in [7, 11) is 0. The van der Waals surface area contributed by atoms with Crippen LogP contribution in [0.1, 0.15) is 0 Å². The zero-order chi connectivity index (χ0) is 31.2. The lowest BCUT2D eigenvalue weighted by molar-refractivity contribution is 1.29. The van der Waals surface area contributed by atoms with Crippen molar-refractivity contribution in [3.05, 3.63) is 188 Å². The Labute approximate surface area is 274 Å². The summed E-state index contributed by atoms with van der Waals surface area (Å²) in [5.41, 5.74) is 8.23. The molecular weight excluding hydrogens is 567 g/mol. The third-order valence-corrected chi connectivity index (χ3v) is 9.41. The molecule has 0 saturated carbocycles. The predicted molar refractivity (Wildman–Crippen MR) is 202 cm³/mol. The Morgan fingerprint density at radius 1 is 0.298 bits per heavy atom. The molecule has 9 aromatic carbocycles. The van der Waals surface area contributed by atoms with Gasteiger partial charge in [-0.2, -0.15) is 0 Å². The van der Waals surface area contributed by atoms with Gasteiger partial charge >= 0.3 is 0 Å². The van der Waals surface area contributed by atoms with E-state index in [9.17, 15) is 0 Å². The van der Waals surface area contributed by atoms with Crippen LogP contribution in [0, 0.1) is 0 Å². The second-order valence-electron chi connectivity index (χ2n) is 12.2. The molecule has 0 N–H and O–H groups in total. The van der Waals surface area contributed by atoms with Gasteiger partial charge in [0.05, 0.1) is 5.69 Å². The Balaban J connectivity index is 1.25. The molecule has 0 aliphatic carbocycles. The maximum atomic E-state index is 2.40. The van der Waals surface area contributed by atoms with Gasteiger partial charge in [0.15, 0.2) is 0 Å². The van der Waals surface area contributed by atoms with Gasteiger partial charge in [-0.05, 0) is 96.2 Å². The molecule has 0 heterocycles. The first kappa shape index (κ1) is 27.2. The molecule has 0 saturated heterocycles. The number of benzene rings is 9. The van der Waals surface area contributed by atoms with Gasteiger partial charge in [0.2, 0.25) is 0 Å². The minimum atomic E-state index is 1.11. The van der Waals surface area contributed by atoms with E-state index in [0.717, 1.165) is 17.1 Å². The summed E-state index contributed by atoms with van der Waals surface area (Å²) < 4.78 is 0. The largest absolute Gasteiger partial charge is 0.310 e. The average Bonchev–Trinajstić information content (AvgIpc) is 3.15. The molecule has 1 heteroatoms. The van der Waals surface area contributed by atoms with Crippen LogP contribution in [0.3, 0.4) is 0 Å². The van der Waals surface area contributed by atoms with Crippen molar-refractivity contribution in [3.8, 4) is 22.3 Å². The minimum Gasteiger partial charge on any atom is -0.310 e. The van der Waals surface area contributed by atoms with Crippen LogP contribution in [-0.2, 0) is 0 Å². The maximum Gasteiger partial charge on any atom is 0.0540 e. The first-order valence-electron chi connectivity index (χ1n) is 16.2. The van der Waals surface area contributed by atoms with Gasteiger partial charge in [-0.3, -0.25) is 0 Å². The van der Waals surface area contributed by atoms with Crippen molar-refractivity contribution in [2.45, 2.75) is 0 Å². The molecule has 0 aliphatic rings. The van der Waals surface area contributed by atoms with Crippen LogP contribution in [0.2, 0.25) is 0 Å². The van der Waals surface area contributed by atoms with Gasteiger partial charge < -0.3 is 4.90 Å². The number of para-hydroxylation sites is 1. The highest BCUT2D eigenvalue weighted by atomic mass is 15.1. The molecule has 0 fully saturated rings. The lowest BCUT2D eigenvalue weighted by atomic mass is 9.90. The van der Waals surface area contributed by atoms with E-state index < -0.39 is 0 Å².